The van der Waals surface area contributed by atoms with Crippen LogP contribution >= 0.6 is 0 Å². The van der Waals surface area contributed by atoms with Crippen molar-refractivity contribution in [1.82, 2.24) is 5.32 Å². The number of nitrogens with two attached hydrogens (primary N) is 1. The van der Waals surface area contributed by atoms with Crippen molar-refractivity contribution in [3.8, 4) is 5.75 Å². The summed E-state index contributed by atoms with van der Waals surface area (Å²) in [6.07, 6.45) is 3.33. The van der Waals surface area contributed by atoms with E-state index in [0.29, 0.717) is 17.0 Å². The first-order chi connectivity index (χ1) is 11.6. The number of para-hydroxylation sites is 2. The molecule has 0 saturated heterocycles. The Morgan fingerprint density at radius 2 is 2.25 bits per heavy atom. The van der Waals surface area contributed by atoms with Crippen LogP contribution in [0, 0.1) is 0 Å². The van der Waals surface area contributed by atoms with E-state index in [1.165, 1.54) is 17.2 Å². The van der Waals surface area contributed by atoms with Crippen LogP contribution in [0.2, 0.25) is 0 Å². The number of carbonyl (C=O) groups is 2. The van der Waals surface area contributed by atoms with E-state index >= 15 is 0 Å². The van der Waals surface area contributed by atoms with E-state index in [1.807, 2.05) is 0 Å². The van der Waals surface area contributed by atoms with Gasteiger partial charge in [0, 0.05) is 31.6 Å². The second kappa shape index (κ2) is 7.96. The molecule has 7 heteroatoms. The first-order valence-corrected chi connectivity index (χ1v) is 7.41. The van der Waals surface area contributed by atoms with Crippen molar-refractivity contribution < 1.29 is 14.3 Å². The number of carbonyl (C=O) groups excluding carboxylic acids is 2. The standard InChI is InChI=1S/C17H20N4O3/c1-3-16(22)21-11-15(24-14-7-5-4-6-13(14)21)17(23)20-10-12(8-18)9-19-2/h3-9,15H,1,10-11,18H2,2H3,(H,20,23). The number of nitrogens with zero attached hydrogens (tertiary/aromatic N) is 2. The summed E-state index contributed by atoms with van der Waals surface area (Å²) < 4.78 is 5.72. The lowest BCUT2D eigenvalue weighted by molar-refractivity contribution is -0.128. The van der Waals surface area contributed by atoms with Crippen LogP contribution in [0.3, 0.4) is 0 Å². The molecule has 0 radical (unpaired) electrons. The Bertz CT molecular complexity index is 697. The maximum absolute atomic E-state index is 12.4. The fourth-order valence-corrected chi connectivity index (χ4v) is 2.31. The van der Waals surface area contributed by atoms with Gasteiger partial charge in [0.25, 0.3) is 11.8 Å². The van der Waals surface area contributed by atoms with Crippen LogP contribution in [0.15, 0.2) is 53.7 Å². The average molecular weight is 328 g/mol. The summed E-state index contributed by atoms with van der Waals surface area (Å²) in [5.41, 5.74) is 6.75. The summed E-state index contributed by atoms with van der Waals surface area (Å²) in [6, 6.07) is 7.06. The van der Waals surface area contributed by atoms with Crippen LogP contribution in [0.1, 0.15) is 0 Å². The Kier molecular flexibility index (Phi) is 5.73. The molecule has 1 aliphatic heterocycles. The van der Waals surface area contributed by atoms with Crippen LogP contribution < -0.4 is 20.7 Å². The van der Waals surface area contributed by atoms with Crippen molar-refractivity contribution >= 4 is 23.7 Å². The van der Waals surface area contributed by atoms with Gasteiger partial charge in [-0.1, -0.05) is 18.7 Å². The van der Waals surface area contributed by atoms with Crippen molar-refractivity contribution in [3.63, 3.8) is 0 Å². The minimum Gasteiger partial charge on any atom is -0.477 e. The maximum atomic E-state index is 12.4. The zero-order valence-corrected chi connectivity index (χ0v) is 13.4. The molecule has 1 atom stereocenters. The summed E-state index contributed by atoms with van der Waals surface area (Å²) in [7, 11) is 1.62. The van der Waals surface area contributed by atoms with Crippen LogP contribution in [0.25, 0.3) is 0 Å². The second-order valence-corrected chi connectivity index (χ2v) is 5.07. The van der Waals surface area contributed by atoms with Crippen LogP contribution in [-0.2, 0) is 9.59 Å². The van der Waals surface area contributed by atoms with E-state index in [-0.39, 0.29) is 24.9 Å². The molecule has 0 saturated carbocycles. The van der Waals surface area contributed by atoms with Crippen molar-refractivity contribution in [1.29, 1.82) is 0 Å². The van der Waals surface area contributed by atoms with Crippen molar-refractivity contribution in [2.75, 3.05) is 25.0 Å². The summed E-state index contributed by atoms with van der Waals surface area (Å²) in [5, 5.41) is 2.73. The van der Waals surface area contributed by atoms with E-state index in [1.54, 1.807) is 37.5 Å². The fourth-order valence-electron chi connectivity index (χ4n) is 2.31. The normalized spacial score (nSPS) is 17.1. The number of nitrogens with one attached hydrogen (secondary N) is 1. The number of hydrogen-bond acceptors (Lipinski definition) is 5. The van der Waals surface area contributed by atoms with Gasteiger partial charge in [0.2, 0.25) is 0 Å². The lowest BCUT2D eigenvalue weighted by atomic mass is 10.1. The minimum atomic E-state index is -0.818. The Morgan fingerprint density at radius 1 is 1.50 bits per heavy atom. The number of ether oxygens (including phenoxy) is 1. The van der Waals surface area contributed by atoms with E-state index in [9.17, 15) is 9.59 Å². The predicted molar refractivity (Wildman–Crippen MR) is 93.1 cm³/mol. The van der Waals surface area contributed by atoms with E-state index in [2.05, 4.69) is 16.9 Å². The number of hydrogen-bond donors (Lipinski definition) is 2. The minimum absolute atomic E-state index is 0.108. The molecule has 2 amide bonds. The average Bonchev–Trinajstić information content (AvgIpc) is 2.63. The highest BCUT2D eigenvalue weighted by Gasteiger charge is 2.32. The van der Waals surface area contributed by atoms with Gasteiger partial charge in [0.05, 0.1) is 12.2 Å². The van der Waals surface area contributed by atoms with Crippen molar-refractivity contribution in [2.24, 2.45) is 10.7 Å². The molecular formula is C17H20N4O3. The molecule has 3 N–H and O–H groups in total. The Hall–Kier alpha value is -3.09. The first kappa shape index (κ1) is 17.3. The van der Waals surface area contributed by atoms with Crippen LogP contribution in [-0.4, -0.2) is 44.3 Å². The molecule has 0 fully saturated rings. The Labute approximate surface area is 140 Å². The monoisotopic (exact) mass is 328 g/mol. The highest BCUT2D eigenvalue weighted by molar-refractivity contribution is 6.03. The molecule has 126 valence electrons. The smallest absolute Gasteiger partial charge is 0.263 e. The van der Waals surface area contributed by atoms with Gasteiger partial charge in [-0.15, -0.1) is 0 Å². The summed E-state index contributed by atoms with van der Waals surface area (Å²) in [6.45, 7) is 3.84. The molecule has 7 nitrogen and oxygen atoms in total. The van der Waals surface area contributed by atoms with Gasteiger partial charge in [0.15, 0.2) is 6.10 Å². The summed E-state index contributed by atoms with van der Waals surface area (Å²) in [4.78, 5) is 29.8. The molecule has 1 aliphatic rings. The van der Waals surface area contributed by atoms with E-state index in [4.69, 9.17) is 10.5 Å². The third kappa shape index (κ3) is 3.81. The number of anilines is 1. The topological polar surface area (TPSA) is 97.0 Å². The SMILES string of the molecule is C=CC(=O)N1CC(C(=O)NCC(C=NC)=CN)Oc2ccccc21. The molecular weight excluding hydrogens is 308 g/mol. The second-order valence-electron chi connectivity index (χ2n) is 5.07. The molecule has 1 unspecified atom stereocenters. The van der Waals surface area contributed by atoms with Gasteiger partial charge in [-0.25, -0.2) is 0 Å². The predicted octanol–water partition coefficient (Wildman–Crippen LogP) is 0.626. The van der Waals surface area contributed by atoms with Gasteiger partial charge < -0.3 is 20.7 Å². The third-order valence-corrected chi connectivity index (χ3v) is 3.48. The van der Waals surface area contributed by atoms with Crippen LogP contribution in [0.5, 0.6) is 5.75 Å². The molecule has 0 aliphatic carbocycles. The van der Waals surface area contributed by atoms with Crippen molar-refractivity contribution in [3.05, 3.63) is 48.7 Å². The molecule has 2 rings (SSSR count). The Balaban J connectivity index is 2.13. The van der Waals surface area contributed by atoms with Gasteiger partial charge in [-0.2, -0.15) is 0 Å². The summed E-state index contributed by atoms with van der Waals surface area (Å²) in [5.74, 6) is -0.150. The van der Waals surface area contributed by atoms with Gasteiger partial charge in [-0.3, -0.25) is 14.6 Å². The maximum Gasteiger partial charge on any atom is 0.263 e. The van der Waals surface area contributed by atoms with Gasteiger partial charge in [0.1, 0.15) is 5.75 Å². The highest BCUT2D eigenvalue weighted by atomic mass is 16.5. The molecule has 1 heterocycles. The van der Waals surface area contributed by atoms with Crippen molar-refractivity contribution in [2.45, 2.75) is 6.10 Å². The number of aliphatic imine (C=N–C) groups is 1. The zero-order valence-electron chi connectivity index (χ0n) is 13.4. The highest BCUT2D eigenvalue weighted by Crippen LogP contribution is 2.33. The molecule has 1 aromatic carbocycles. The molecule has 24 heavy (non-hydrogen) atoms. The largest absolute Gasteiger partial charge is 0.477 e. The van der Waals surface area contributed by atoms with Gasteiger partial charge in [-0.05, 0) is 18.2 Å². The molecule has 0 bridgehead atoms. The third-order valence-electron chi connectivity index (χ3n) is 3.48. The zero-order chi connectivity index (χ0) is 17.5. The van der Waals surface area contributed by atoms with Crippen LogP contribution in [0.4, 0.5) is 5.69 Å². The first-order valence-electron chi connectivity index (χ1n) is 7.41. The lowest BCUT2D eigenvalue weighted by Crippen LogP contribution is -2.50. The number of rotatable bonds is 5. The van der Waals surface area contributed by atoms with E-state index in [0.717, 1.165) is 0 Å². The number of amides is 2. The summed E-state index contributed by atoms with van der Waals surface area (Å²) >= 11 is 0. The van der Waals surface area contributed by atoms with Gasteiger partial charge >= 0.3 is 0 Å². The van der Waals surface area contributed by atoms with E-state index < -0.39 is 6.10 Å². The Morgan fingerprint density at radius 3 is 2.92 bits per heavy atom. The molecule has 1 aromatic rings. The number of fused-ring (bicyclic) bond motifs is 1. The fraction of sp³-hybridized carbons (Fsp3) is 0.235. The lowest BCUT2D eigenvalue weighted by Gasteiger charge is -2.33. The number of benzene rings is 1. The molecule has 0 spiro atoms. The quantitative estimate of drug-likeness (QED) is 0.612. The molecule has 0 aromatic heterocycles.